The lowest BCUT2D eigenvalue weighted by Crippen LogP contribution is -2.45. The number of aromatic nitrogens is 1. The van der Waals surface area contributed by atoms with Crippen LogP contribution in [0.2, 0.25) is 0 Å². The predicted molar refractivity (Wildman–Crippen MR) is 95.9 cm³/mol. The average molecular weight is 379 g/mol. The number of rotatable bonds is 6. The Kier molecular flexibility index (Phi) is 5.13. The fraction of sp³-hybridized carbons (Fsp3) is 0.722. The molecule has 1 aromatic rings. The number of amides is 2. The summed E-state index contributed by atoms with van der Waals surface area (Å²) in [5.41, 5.74) is 2.05. The van der Waals surface area contributed by atoms with Gasteiger partial charge in [0.15, 0.2) is 5.13 Å². The van der Waals surface area contributed by atoms with E-state index in [0.717, 1.165) is 36.0 Å². The van der Waals surface area contributed by atoms with Crippen LogP contribution in [0.1, 0.15) is 44.2 Å². The third-order valence-corrected chi connectivity index (χ3v) is 7.14. The van der Waals surface area contributed by atoms with E-state index in [1.807, 2.05) is 0 Å². The number of hydrogen-bond donors (Lipinski definition) is 3. The van der Waals surface area contributed by atoms with Crippen molar-refractivity contribution >= 4 is 28.5 Å². The van der Waals surface area contributed by atoms with Gasteiger partial charge in [-0.15, -0.1) is 11.3 Å². The zero-order valence-electron chi connectivity index (χ0n) is 14.6. The molecule has 5 rings (SSSR count). The van der Waals surface area contributed by atoms with Gasteiger partial charge in [0.25, 0.3) is 0 Å². The SMILES string of the molecule is O=C(Cc1csc(NC(=O)OCCC2C3CC4CC(C3)CC2C4)n1)NO. The first kappa shape index (κ1) is 17.7. The Morgan fingerprint density at radius 2 is 1.88 bits per heavy atom. The van der Waals surface area contributed by atoms with Gasteiger partial charge >= 0.3 is 6.09 Å². The predicted octanol–water partition coefficient (Wildman–Crippen LogP) is 3.20. The van der Waals surface area contributed by atoms with Crippen LogP contribution in [-0.4, -0.2) is 28.8 Å². The number of carbonyl (C=O) groups is 2. The highest BCUT2D eigenvalue weighted by Crippen LogP contribution is 2.57. The number of ether oxygens (including phenoxy) is 1. The molecule has 4 aliphatic carbocycles. The van der Waals surface area contributed by atoms with Crippen molar-refractivity contribution in [2.24, 2.45) is 29.6 Å². The molecule has 4 saturated carbocycles. The van der Waals surface area contributed by atoms with Crippen molar-refractivity contribution in [1.29, 1.82) is 0 Å². The molecule has 8 heteroatoms. The van der Waals surface area contributed by atoms with Crippen molar-refractivity contribution in [2.75, 3.05) is 11.9 Å². The van der Waals surface area contributed by atoms with E-state index in [0.29, 0.717) is 17.4 Å². The molecule has 4 fully saturated rings. The number of nitrogens with one attached hydrogen (secondary N) is 2. The molecule has 0 unspecified atom stereocenters. The second-order valence-corrected chi connectivity index (χ2v) is 8.86. The van der Waals surface area contributed by atoms with E-state index in [1.54, 1.807) is 10.9 Å². The largest absolute Gasteiger partial charge is 0.449 e. The zero-order chi connectivity index (χ0) is 18.1. The van der Waals surface area contributed by atoms with Crippen LogP contribution in [0.15, 0.2) is 5.38 Å². The highest BCUT2D eigenvalue weighted by atomic mass is 32.1. The van der Waals surface area contributed by atoms with Crippen molar-refractivity contribution in [3.05, 3.63) is 11.1 Å². The third-order valence-electron chi connectivity index (χ3n) is 6.33. The summed E-state index contributed by atoms with van der Waals surface area (Å²) in [4.78, 5) is 27.2. The molecule has 0 spiro atoms. The van der Waals surface area contributed by atoms with Crippen molar-refractivity contribution in [2.45, 2.75) is 44.9 Å². The second kappa shape index (κ2) is 7.52. The minimum Gasteiger partial charge on any atom is -0.449 e. The minimum atomic E-state index is -0.542. The lowest BCUT2D eigenvalue weighted by Gasteiger charge is -2.54. The van der Waals surface area contributed by atoms with Crippen LogP contribution in [-0.2, 0) is 16.0 Å². The highest BCUT2D eigenvalue weighted by molar-refractivity contribution is 7.13. The first-order valence-corrected chi connectivity index (χ1v) is 10.3. The van der Waals surface area contributed by atoms with Gasteiger partial charge in [-0.25, -0.2) is 15.3 Å². The first-order chi connectivity index (χ1) is 12.6. The molecule has 0 atom stereocenters. The van der Waals surface area contributed by atoms with Crippen molar-refractivity contribution in [3.8, 4) is 0 Å². The van der Waals surface area contributed by atoms with Crippen molar-refractivity contribution in [1.82, 2.24) is 10.5 Å². The molecular formula is C18H25N3O4S. The van der Waals surface area contributed by atoms with Gasteiger partial charge < -0.3 is 4.74 Å². The lowest BCUT2D eigenvalue weighted by molar-refractivity contribution is -0.128. The van der Waals surface area contributed by atoms with Crippen LogP contribution in [0, 0.1) is 29.6 Å². The van der Waals surface area contributed by atoms with Gasteiger partial charge in [-0.05, 0) is 68.1 Å². The van der Waals surface area contributed by atoms with Crippen molar-refractivity contribution < 1.29 is 19.5 Å². The van der Waals surface area contributed by atoms with Crippen LogP contribution in [0.4, 0.5) is 9.93 Å². The Balaban J connectivity index is 1.20. The molecule has 0 aromatic carbocycles. The monoisotopic (exact) mass is 379 g/mol. The Hall–Kier alpha value is -1.67. The molecule has 1 heterocycles. The van der Waals surface area contributed by atoms with Gasteiger partial charge in [-0.3, -0.25) is 15.3 Å². The summed E-state index contributed by atoms with van der Waals surface area (Å²) >= 11 is 1.23. The fourth-order valence-electron chi connectivity index (χ4n) is 5.57. The second-order valence-electron chi connectivity index (χ2n) is 8.00. The van der Waals surface area contributed by atoms with Gasteiger partial charge in [0.2, 0.25) is 5.91 Å². The summed E-state index contributed by atoms with van der Waals surface area (Å²) in [6.45, 7) is 0.448. The summed E-state index contributed by atoms with van der Waals surface area (Å²) < 4.78 is 5.36. The summed E-state index contributed by atoms with van der Waals surface area (Å²) in [5.74, 6) is 3.79. The van der Waals surface area contributed by atoms with E-state index >= 15 is 0 Å². The van der Waals surface area contributed by atoms with Gasteiger partial charge in [0.05, 0.1) is 18.7 Å². The van der Waals surface area contributed by atoms with Crippen LogP contribution in [0.25, 0.3) is 0 Å². The van der Waals surface area contributed by atoms with E-state index in [1.165, 1.54) is 43.4 Å². The molecule has 142 valence electrons. The maximum atomic E-state index is 12.0. The smallest absolute Gasteiger partial charge is 0.413 e. The van der Waals surface area contributed by atoms with Gasteiger partial charge in [-0.2, -0.15) is 0 Å². The van der Waals surface area contributed by atoms with E-state index in [2.05, 4.69) is 10.3 Å². The summed E-state index contributed by atoms with van der Waals surface area (Å²) in [6.07, 6.45) is 7.41. The molecule has 1 aromatic heterocycles. The quantitative estimate of drug-likeness (QED) is 0.520. The van der Waals surface area contributed by atoms with Gasteiger partial charge in [-0.1, -0.05) is 0 Å². The van der Waals surface area contributed by atoms with Crippen LogP contribution in [0.3, 0.4) is 0 Å². The lowest BCUT2D eigenvalue weighted by atomic mass is 9.51. The molecular weight excluding hydrogens is 354 g/mol. The van der Waals surface area contributed by atoms with Gasteiger partial charge in [0.1, 0.15) is 0 Å². The van der Waals surface area contributed by atoms with E-state index in [9.17, 15) is 9.59 Å². The van der Waals surface area contributed by atoms with E-state index in [4.69, 9.17) is 9.94 Å². The third kappa shape index (κ3) is 3.86. The zero-order valence-corrected chi connectivity index (χ0v) is 15.5. The number of hydroxylamine groups is 1. The topological polar surface area (TPSA) is 101 Å². The normalized spacial score (nSPS) is 31.7. The summed E-state index contributed by atoms with van der Waals surface area (Å²) in [6, 6.07) is 0. The number of carbonyl (C=O) groups excluding carboxylic acids is 2. The number of hydrogen-bond acceptors (Lipinski definition) is 6. The summed E-state index contributed by atoms with van der Waals surface area (Å²) in [7, 11) is 0. The average Bonchev–Trinajstić information content (AvgIpc) is 3.03. The molecule has 26 heavy (non-hydrogen) atoms. The summed E-state index contributed by atoms with van der Waals surface area (Å²) in [5, 5.41) is 13.2. The van der Waals surface area contributed by atoms with Crippen molar-refractivity contribution in [3.63, 3.8) is 0 Å². The Morgan fingerprint density at radius 1 is 1.19 bits per heavy atom. The molecule has 4 bridgehead atoms. The van der Waals surface area contributed by atoms with Crippen LogP contribution >= 0.6 is 11.3 Å². The van der Waals surface area contributed by atoms with Gasteiger partial charge in [0, 0.05) is 5.38 Å². The van der Waals surface area contributed by atoms with Crippen LogP contribution in [0.5, 0.6) is 0 Å². The van der Waals surface area contributed by atoms with E-state index < -0.39 is 12.0 Å². The molecule has 2 amide bonds. The van der Waals surface area contributed by atoms with Crippen LogP contribution < -0.4 is 10.8 Å². The molecule has 0 saturated heterocycles. The first-order valence-electron chi connectivity index (χ1n) is 9.41. The Bertz CT molecular complexity index is 649. The fourth-order valence-corrected chi connectivity index (χ4v) is 6.27. The number of thiazole rings is 1. The Morgan fingerprint density at radius 3 is 2.54 bits per heavy atom. The standard InChI is InChI=1S/C18H25N3O4S/c22-16(21-24)8-14-9-26-17(19-14)20-18(23)25-2-1-15-12-4-10-3-11(6-12)7-13(15)5-10/h9-13,15,24H,1-8H2,(H,21,22)(H,19,20,23). The maximum Gasteiger partial charge on any atom is 0.413 e. The maximum absolute atomic E-state index is 12.0. The minimum absolute atomic E-state index is 0.0316. The molecule has 3 N–H and O–H groups in total. The van der Waals surface area contributed by atoms with E-state index in [-0.39, 0.29) is 6.42 Å². The number of anilines is 1. The number of nitrogens with zero attached hydrogens (tertiary/aromatic N) is 1. The highest BCUT2D eigenvalue weighted by Gasteiger charge is 2.47. The molecule has 0 radical (unpaired) electrons. The molecule has 7 nitrogen and oxygen atoms in total. The molecule has 4 aliphatic rings. The molecule has 0 aliphatic heterocycles. The Labute approximate surface area is 156 Å².